The third kappa shape index (κ3) is 5.01. The predicted octanol–water partition coefficient (Wildman–Crippen LogP) is -1.35. The van der Waals surface area contributed by atoms with Gasteiger partial charge in [0.25, 0.3) is 0 Å². The van der Waals surface area contributed by atoms with Crippen LogP contribution in [0, 0.1) is 0 Å². The first kappa shape index (κ1) is 14.4. The second kappa shape index (κ2) is 6.32. The minimum atomic E-state index is -3.12. The van der Waals surface area contributed by atoms with Gasteiger partial charge in [-0.15, -0.1) is 0 Å². The van der Waals surface area contributed by atoms with Gasteiger partial charge in [0.2, 0.25) is 5.91 Å². The summed E-state index contributed by atoms with van der Waals surface area (Å²) in [6, 6.07) is -0.445. The summed E-state index contributed by atoms with van der Waals surface area (Å²) in [6.07, 6.45) is 0.320. The summed E-state index contributed by atoms with van der Waals surface area (Å²) in [4.78, 5) is 11.3. The van der Waals surface area contributed by atoms with Crippen LogP contribution in [-0.2, 0) is 14.6 Å². The van der Waals surface area contributed by atoms with E-state index in [0.29, 0.717) is 19.5 Å². The van der Waals surface area contributed by atoms with Gasteiger partial charge in [0, 0.05) is 25.6 Å². The number of carbonyl (C=O) groups excluding carboxylic acids is 1. The first-order valence-corrected chi connectivity index (χ1v) is 7.65. The maximum Gasteiger partial charge on any atom is 0.221 e. The molecule has 7 heteroatoms. The lowest BCUT2D eigenvalue weighted by molar-refractivity contribution is -0.121. The van der Waals surface area contributed by atoms with Crippen LogP contribution in [0.1, 0.15) is 19.8 Å². The molecule has 1 rings (SSSR count). The highest BCUT2D eigenvalue weighted by atomic mass is 32.2. The summed E-state index contributed by atoms with van der Waals surface area (Å²) in [7, 11) is -3.12. The Kier molecular flexibility index (Phi) is 5.35. The SMILES string of the molecule is CCCNC(=O)CCNC1CS(=O)(=O)CC1O. The van der Waals surface area contributed by atoms with Crippen molar-refractivity contribution in [2.24, 2.45) is 0 Å². The molecule has 3 N–H and O–H groups in total. The van der Waals surface area contributed by atoms with E-state index in [1.807, 2.05) is 6.92 Å². The van der Waals surface area contributed by atoms with E-state index in [9.17, 15) is 18.3 Å². The maximum absolute atomic E-state index is 11.3. The lowest BCUT2D eigenvalue weighted by atomic mass is 10.2. The number of hydrogen-bond donors (Lipinski definition) is 3. The van der Waals surface area contributed by atoms with Gasteiger partial charge >= 0.3 is 0 Å². The monoisotopic (exact) mass is 264 g/mol. The van der Waals surface area contributed by atoms with Gasteiger partial charge in [-0.1, -0.05) is 6.92 Å². The Morgan fingerprint density at radius 1 is 1.35 bits per heavy atom. The minimum absolute atomic E-state index is 0.0508. The second-order valence-electron chi connectivity index (χ2n) is 4.30. The van der Waals surface area contributed by atoms with Crippen molar-refractivity contribution in [3.8, 4) is 0 Å². The van der Waals surface area contributed by atoms with E-state index in [2.05, 4.69) is 10.6 Å². The molecule has 0 bridgehead atoms. The largest absolute Gasteiger partial charge is 0.390 e. The summed E-state index contributed by atoms with van der Waals surface area (Å²) in [6.45, 7) is 3.00. The molecule has 0 saturated carbocycles. The van der Waals surface area contributed by atoms with Crippen molar-refractivity contribution in [2.45, 2.75) is 31.9 Å². The zero-order valence-corrected chi connectivity index (χ0v) is 10.8. The van der Waals surface area contributed by atoms with E-state index in [1.165, 1.54) is 0 Å². The van der Waals surface area contributed by atoms with E-state index in [-0.39, 0.29) is 17.4 Å². The fourth-order valence-corrected chi connectivity index (χ4v) is 3.52. The summed E-state index contributed by atoms with van der Waals surface area (Å²) in [5, 5.41) is 15.1. The Hall–Kier alpha value is -0.660. The van der Waals surface area contributed by atoms with Crippen molar-refractivity contribution in [1.29, 1.82) is 0 Å². The molecular formula is C10H20N2O4S. The number of amides is 1. The van der Waals surface area contributed by atoms with Gasteiger partial charge in [-0.05, 0) is 6.42 Å². The molecule has 17 heavy (non-hydrogen) atoms. The van der Waals surface area contributed by atoms with Crippen molar-refractivity contribution in [1.82, 2.24) is 10.6 Å². The lowest BCUT2D eigenvalue weighted by Gasteiger charge is -2.14. The molecule has 1 heterocycles. The molecule has 1 saturated heterocycles. The van der Waals surface area contributed by atoms with Crippen LogP contribution in [0.4, 0.5) is 0 Å². The standard InChI is InChI=1S/C10H20N2O4S/c1-2-4-12-10(14)3-5-11-8-6-17(15,16)7-9(8)13/h8-9,11,13H,2-7H2,1H3,(H,12,14). The highest BCUT2D eigenvalue weighted by molar-refractivity contribution is 7.91. The van der Waals surface area contributed by atoms with E-state index in [4.69, 9.17) is 0 Å². The Morgan fingerprint density at radius 2 is 2.06 bits per heavy atom. The van der Waals surface area contributed by atoms with Crippen LogP contribution in [0.3, 0.4) is 0 Å². The van der Waals surface area contributed by atoms with Crippen molar-refractivity contribution < 1.29 is 18.3 Å². The van der Waals surface area contributed by atoms with Gasteiger partial charge in [0.05, 0.1) is 17.6 Å². The number of sulfone groups is 1. The summed E-state index contributed by atoms with van der Waals surface area (Å²) in [5.74, 6) is -0.299. The van der Waals surface area contributed by atoms with Crippen molar-refractivity contribution >= 4 is 15.7 Å². The minimum Gasteiger partial charge on any atom is -0.390 e. The number of nitrogens with one attached hydrogen (secondary N) is 2. The maximum atomic E-state index is 11.3. The molecule has 0 aromatic heterocycles. The molecule has 1 amide bonds. The first-order chi connectivity index (χ1) is 7.94. The fraction of sp³-hybridized carbons (Fsp3) is 0.900. The van der Waals surface area contributed by atoms with Crippen LogP contribution in [0.15, 0.2) is 0 Å². The van der Waals surface area contributed by atoms with E-state index >= 15 is 0 Å². The van der Waals surface area contributed by atoms with Gasteiger partial charge < -0.3 is 15.7 Å². The second-order valence-corrected chi connectivity index (χ2v) is 6.46. The van der Waals surface area contributed by atoms with Gasteiger partial charge in [-0.3, -0.25) is 4.79 Å². The highest BCUT2D eigenvalue weighted by Crippen LogP contribution is 2.12. The molecule has 2 unspecified atom stereocenters. The average Bonchev–Trinajstić information content (AvgIpc) is 2.49. The number of aliphatic hydroxyl groups is 1. The number of rotatable bonds is 6. The van der Waals surface area contributed by atoms with Crippen LogP contribution in [0.5, 0.6) is 0 Å². The average molecular weight is 264 g/mol. The fourth-order valence-electron chi connectivity index (χ4n) is 1.75. The number of carbonyl (C=O) groups is 1. The van der Waals surface area contributed by atoms with Crippen molar-refractivity contribution in [3.63, 3.8) is 0 Å². The van der Waals surface area contributed by atoms with Gasteiger partial charge in [0.1, 0.15) is 0 Å². The van der Waals surface area contributed by atoms with Gasteiger partial charge in [-0.25, -0.2) is 8.42 Å². The van der Waals surface area contributed by atoms with Crippen LogP contribution in [0.2, 0.25) is 0 Å². The molecular weight excluding hydrogens is 244 g/mol. The molecule has 0 aromatic rings. The van der Waals surface area contributed by atoms with E-state index < -0.39 is 22.0 Å². The van der Waals surface area contributed by atoms with Crippen LogP contribution >= 0.6 is 0 Å². The van der Waals surface area contributed by atoms with Crippen molar-refractivity contribution in [2.75, 3.05) is 24.6 Å². The van der Waals surface area contributed by atoms with Gasteiger partial charge in [-0.2, -0.15) is 0 Å². The molecule has 0 aromatic carbocycles. The normalized spacial score (nSPS) is 26.9. The Labute approximate surface area is 102 Å². The van der Waals surface area contributed by atoms with Crippen LogP contribution in [0.25, 0.3) is 0 Å². The van der Waals surface area contributed by atoms with E-state index in [0.717, 1.165) is 6.42 Å². The van der Waals surface area contributed by atoms with Crippen LogP contribution in [-0.4, -0.2) is 56.2 Å². The van der Waals surface area contributed by atoms with Crippen molar-refractivity contribution in [3.05, 3.63) is 0 Å². The molecule has 2 atom stereocenters. The lowest BCUT2D eigenvalue weighted by Crippen LogP contribution is -2.40. The predicted molar refractivity (Wildman–Crippen MR) is 64.4 cm³/mol. The molecule has 1 aliphatic rings. The Bertz CT molecular complexity index is 355. The quantitative estimate of drug-likeness (QED) is 0.551. The van der Waals surface area contributed by atoms with Crippen LogP contribution < -0.4 is 10.6 Å². The third-order valence-corrected chi connectivity index (χ3v) is 4.37. The topological polar surface area (TPSA) is 95.5 Å². The molecule has 1 aliphatic heterocycles. The molecule has 0 aliphatic carbocycles. The van der Waals surface area contributed by atoms with Gasteiger partial charge in [0.15, 0.2) is 9.84 Å². The zero-order valence-electron chi connectivity index (χ0n) is 9.98. The van der Waals surface area contributed by atoms with E-state index in [1.54, 1.807) is 0 Å². The third-order valence-electron chi connectivity index (χ3n) is 2.65. The Balaban J connectivity index is 2.21. The Morgan fingerprint density at radius 3 is 2.59 bits per heavy atom. The summed E-state index contributed by atoms with van der Waals surface area (Å²) in [5.41, 5.74) is 0. The molecule has 0 radical (unpaired) electrons. The first-order valence-electron chi connectivity index (χ1n) is 5.83. The highest BCUT2D eigenvalue weighted by Gasteiger charge is 2.35. The molecule has 1 fully saturated rings. The molecule has 0 spiro atoms. The zero-order chi connectivity index (χ0) is 12.9. The molecule has 6 nitrogen and oxygen atoms in total. The summed E-state index contributed by atoms with van der Waals surface area (Å²) < 4.78 is 22.4. The summed E-state index contributed by atoms with van der Waals surface area (Å²) >= 11 is 0. The number of hydrogen-bond acceptors (Lipinski definition) is 5. The number of aliphatic hydroxyl groups excluding tert-OH is 1. The molecule has 100 valence electrons. The smallest absolute Gasteiger partial charge is 0.221 e.